The first kappa shape index (κ1) is 21.7. The van der Waals surface area contributed by atoms with Gasteiger partial charge in [-0.3, -0.25) is 4.79 Å². The quantitative estimate of drug-likeness (QED) is 0.530. The van der Waals surface area contributed by atoms with Crippen LogP contribution in [-0.4, -0.2) is 19.1 Å². The van der Waals surface area contributed by atoms with Crippen molar-refractivity contribution in [1.82, 2.24) is 5.32 Å². The summed E-state index contributed by atoms with van der Waals surface area (Å²) < 4.78 is 11.6. The van der Waals surface area contributed by atoms with E-state index in [0.717, 1.165) is 33.2 Å². The second-order valence-corrected chi connectivity index (χ2v) is 8.07. The van der Waals surface area contributed by atoms with Gasteiger partial charge in [0.15, 0.2) is 6.10 Å². The monoisotopic (exact) mass is 405 g/mol. The molecule has 3 rings (SSSR count). The molecule has 0 unspecified atom stereocenters. The lowest BCUT2D eigenvalue weighted by atomic mass is 9.93. The van der Waals surface area contributed by atoms with Gasteiger partial charge in [-0.05, 0) is 67.0 Å². The maximum atomic E-state index is 12.9. The Morgan fingerprint density at radius 3 is 2.30 bits per heavy atom. The number of methoxy groups -OCH3 is 1. The number of carbonyl (C=O) groups excluding carboxylic acids is 1. The summed E-state index contributed by atoms with van der Waals surface area (Å²) in [6, 6.07) is 17.9. The van der Waals surface area contributed by atoms with Crippen molar-refractivity contribution in [3.05, 3.63) is 71.3 Å². The molecule has 3 aromatic rings. The van der Waals surface area contributed by atoms with Crippen molar-refractivity contribution < 1.29 is 14.3 Å². The van der Waals surface area contributed by atoms with Crippen LogP contribution in [-0.2, 0) is 4.79 Å². The highest BCUT2D eigenvalue weighted by Crippen LogP contribution is 2.32. The molecule has 30 heavy (non-hydrogen) atoms. The zero-order chi connectivity index (χ0) is 21.8. The molecule has 0 saturated carbocycles. The maximum Gasteiger partial charge on any atom is 0.261 e. The molecular weight excluding hydrogens is 374 g/mol. The Labute approximate surface area is 179 Å². The van der Waals surface area contributed by atoms with E-state index in [-0.39, 0.29) is 11.9 Å². The highest BCUT2D eigenvalue weighted by atomic mass is 16.5. The zero-order valence-corrected chi connectivity index (χ0v) is 18.7. The number of nitrogens with one attached hydrogen (secondary N) is 1. The lowest BCUT2D eigenvalue weighted by Gasteiger charge is -2.23. The van der Waals surface area contributed by atoms with Crippen LogP contribution in [0.4, 0.5) is 0 Å². The van der Waals surface area contributed by atoms with Gasteiger partial charge in [0.2, 0.25) is 0 Å². The molecule has 1 amide bonds. The van der Waals surface area contributed by atoms with Gasteiger partial charge in [0, 0.05) is 5.39 Å². The summed E-state index contributed by atoms with van der Waals surface area (Å²) in [5.41, 5.74) is 3.32. The minimum Gasteiger partial charge on any atom is -0.496 e. The fourth-order valence-electron chi connectivity index (χ4n) is 3.76. The van der Waals surface area contributed by atoms with Crippen LogP contribution in [0.2, 0.25) is 0 Å². The SMILES string of the molecule is COc1cc(C)c([C@H](C)NC(=O)[C@H](C)Oc2cccc3ccccc23)cc1C(C)C. The number of carbonyl (C=O) groups is 1. The van der Waals surface area contributed by atoms with E-state index in [1.54, 1.807) is 14.0 Å². The molecule has 1 N–H and O–H groups in total. The fraction of sp³-hybridized carbons (Fsp3) is 0.346. The number of ether oxygens (including phenoxy) is 2. The first-order valence-electron chi connectivity index (χ1n) is 10.4. The van der Waals surface area contributed by atoms with Crippen LogP contribution in [0.1, 0.15) is 56.3 Å². The van der Waals surface area contributed by atoms with Gasteiger partial charge < -0.3 is 14.8 Å². The summed E-state index contributed by atoms with van der Waals surface area (Å²) in [6.07, 6.45) is -0.610. The number of amides is 1. The summed E-state index contributed by atoms with van der Waals surface area (Å²) in [7, 11) is 1.69. The molecule has 0 spiro atoms. The van der Waals surface area contributed by atoms with E-state index in [4.69, 9.17) is 9.47 Å². The second kappa shape index (κ2) is 9.21. The second-order valence-electron chi connectivity index (χ2n) is 8.07. The van der Waals surface area contributed by atoms with Crippen molar-refractivity contribution >= 4 is 16.7 Å². The van der Waals surface area contributed by atoms with Crippen LogP contribution in [0.25, 0.3) is 10.8 Å². The van der Waals surface area contributed by atoms with Crippen molar-refractivity contribution in [3.8, 4) is 11.5 Å². The molecule has 0 radical (unpaired) electrons. The standard InChI is InChI=1S/C26H31NO3/c1-16(2)22-15-23(17(3)14-25(22)29-6)18(4)27-26(28)19(5)30-24-13-9-11-20-10-7-8-12-21(20)24/h7-16,18-19H,1-6H3,(H,27,28)/t18-,19-/m0/s1. The zero-order valence-electron chi connectivity index (χ0n) is 18.7. The highest BCUT2D eigenvalue weighted by molar-refractivity contribution is 5.89. The van der Waals surface area contributed by atoms with Gasteiger partial charge >= 0.3 is 0 Å². The average molecular weight is 406 g/mol. The Morgan fingerprint density at radius 1 is 0.900 bits per heavy atom. The van der Waals surface area contributed by atoms with E-state index in [1.807, 2.05) is 62.4 Å². The molecule has 0 aliphatic rings. The van der Waals surface area contributed by atoms with E-state index in [9.17, 15) is 4.79 Å². The van der Waals surface area contributed by atoms with E-state index >= 15 is 0 Å². The summed E-state index contributed by atoms with van der Waals surface area (Å²) in [5.74, 6) is 1.79. The maximum absolute atomic E-state index is 12.9. The van der Waals surface area contributed by atoms with Crippen molar-refractivity contribution in [2.24, 2.45) is 0 Å². The predicted molar refractivity (Wildman–Crippen MR) is 122 cm³/mol. The molecular formula is C26H31NO3. The third kappa shape index (κ3) is 4.59. The van der Waals surface area contributed by atoms with Crippen molar-refractivity contribution in [2.75, 3.05) is 7.11 Å². The van der Waals surface area contributed by atoms with Gasteiger partial charge in [0.1, 0.15) is 11.5 Å². The van der Waals surface area contributed by atoms with E-state index in [1.165, 1.54) is 0 Å². The number of hydrogen-bond donors (Lipinski definition) is 1. The number of rotatable bonds is 7. The van der Waals surface area contributed by atoms with E-state index in [0.29, 0.717) is 11.7 Å². The Kier molecular flexibility index (Phi) is 6.66. The molecule has 0 bridgehead atoms. The number of hydrogen-bond acceptors (Lipinski definition) is 3. The molecule has 0 aliphatic carbocycles. The number of aryl methyl sites for hydroxylation is 1. The molecule has 158 valence electrons. The van der Waals surface area contributed by atoms with Crippen molar-refractivity contribution in [1.29, 1.82) is 0 Å². The molecule has 4 nitrogen and oxygen atoms in total. The summed E-state index contributed by atoms with van der Waals surface area (Å²) in [6.45, 7) is 10.1. The largest absolute Gasteiger partial charge is 0.496 e. The third-order valence-electron chi connectivity index (χ3n) is 5.49. The van der Waals surface area contributed by atoms with Gasteiger partial charge in [0.25, 0.3) is 5.91 Å². The Hall–Kier alpha value is -3.01. The average Bonchev–Trinajstić information content (AvgIpc) is 2.73. The number of benzene rings is 3. The van der Waals surface area contributed by atoms with Crippen LogP contribution < -0.4 is 14.8 Å². The topological polar surface area (TPSA) is 47.6 Å². The fourth-order valence-corrected chi connectivity index (χ4v) is 3.76. The first-order valence-corrected chi connectivity index (χ1v) is 10.4. The Morgan fingerprint density at radius 2 is 1.60 bits per heavy atom. The van der Waals surface area contributed by atoms with Gasteiger partial charge in [0.05, 0.1) is 13.2 Å². The first-order chi connectivity index (χ1) is 14.3. The molecule has 0 aromatic heterocycles. The molecule has 0 saturated heterocycles. The van der Waals surface area contributed by atoms with Gasteiger partial charge in [-0.1, -0.05) is 50.2 Å². The summed E-state index contributed by atoms with van der Waals surface area (Å²) >= 11 is 0. The lowest BCUT2D eigenvalue weighted by molar-refractivity contribution is -0.127. The molecule has 0 fully saturated rings. The molecule has 3 aromatic carbocycles. The Bertz CT molecular complexity index is 1040. The van der Waals surface area contributed by atoms with E-state index in [2.05, 4.69) is 25.2 Å². The number of fused-ring (bicyclic) bond motifs is 1. The molecule has 4 heteroatoms. The van der Waals surface area contributed by atoms with Gasteiger partial charge in [-0.15, -0.1) is 0 Å². The van der Waals surface area contributed by atoms with E-state index < -0.39 is 6.10 Å². The minimum absolute atomic E-state index is 0.139. The van der Waals surface area contributed by atoms with Crippen LogP contribution in [0.5, 0.6) is 11.5 Å². The smallest absolute Gasteiger partial charge is 0.261 e. The molecule has 0 heterocycles. The van der Waals surface area contributed by atoms with Crippen molar-refractivity contribution in [3.63, 3.8) is 0 Å². The molecule has 2 atom stereocenters. The van der Waals surface area contributed by atoms with Crippen LogP contribution in [0.15, 0.2) is 54.6 Å². The predicted octanol–water partition coefficient (Wildman–Crippen LogP) is 5.92. The van der Waals surface area contributed by atoms with Crippen LogP contribution in [0.3, 0.4) is 0 Å². The lowest BCUT2D eigenvalue weighted by Crippen LogP contribution is -2.38. The normalized spacial score (nSPS) is 13.2. The molecule has 0 aliphatic heterocycles. The summed E-state index contributed by atoms with van der Waals surface area (Å²) in [5, 5.41) is 5.19. The highest BCUT2D eigenvalue weighted by Gasteiger charge is 2.21. The van der Waals surface area contributed by atoms with Crippen molar-refractivity contribution in [2.45, 2.75) is 52.7 Å². The van der Waals surface area contributed by atoms with Gasteiger partial charge in [-0.2, -0.15) is 0 Å². The van der Waals surface area contributed by atoms with Gasteiger partial charge in [-0.25, -0.2) is 0 Å². The summed E-state index contributed by atoms with van der Waals surface area (Å²) in [4.78, 5) is 12.9. The minimum atomic E-state index is -0.610. The van der Waals surface area contributed by atoms with Crippen LogP contribution >= 0.6 is 0 Å². The third-order valence-corrected chi connectivity index (χ3v) is 5.49. The Balaban J connectivity index is 1.76. The van der Waals surface area contributed by atoms with Crippen LogP contribution in [0, 0.1) is 6.92 Å².